The van der Waals surface area contributed by atoms with Gasteiger partial charge < -0.3 is 15.2 Å². The maximum absolute atomic E-state index is 11.4. The fraction of sp³-hybridized carbons (Fsp3) is 0.333. The smallest absolute Gasteiger partial charge is 0.408 e. The van der Waals surface area contributed by atoms with Crippen molar-refractivity contribution in [2.24, 2.45) is 0 Å². The van der Waals surface area contributed by atoms with Crippen molar-refractivity contribution in [1.82, 2.24) is 10.8 Å². The van der Waals surface area contributed by atoms with Crippen LogP contribution in [0.3, 0.4) is 0 Å². The van der Waals surface area contributed by atoms with Crippen molar-refractivity contribution < 1.29 is 24.3 Å². The number of hydrogen-bond acceptors (Lipinski definition) is 5. The molecule has 7 heteroatoms. The van der Waals surface area contributed by atoms with Crippen LogP contribution in [0.4, 0.5) is 4.79 Å². The molecule has 104 valence electrons. The monoisotopic (exact) mass is 268 g/mol. The molecule has 0 bridgehead atoms. The van der Waals surface area contributed by atoms with Gasteiger partial charge in [0.05, 0.1) is 13.7 Å². The molecule has 1 aromatic carbocycles. The van der Waals surface area contributed by atoms with E-state index in [1.807, 2.05) is 23.7 Å². The summed E-state index contributed by atoms with van der Waals surface area (Å²) in [6.45, 7) is -0.480. The Labute approximate surface area is 110 Å². The van der Waals surface area contributed by atoms with Crippen molar-refractivity contribution in [2.45, 2.75) is 12.6 Å². The van der Waals surface area contributed by atoms with Crippen LogP contribution in [0, 0.1) is 0 Å². The minimum absolute atomic E-state index is 0.0801. The summed E-state index contributed by atoms with van der Waals surface area (Å²) in [4.78, 5) is 27.1. The van der Waals surface area contributed by atoms with Crippen molar-refractivity contribution in [3.63, 3.8) is 0 Å². The van der Waals surface area contributed by atoms with Crippen LogP contribution in [-0.2, 0) is 21.0 Å². The Balaban J connectivity index is 2.39. The van der Waals surface area contributed by atoms with Crippen molar-refractivity contribution in [2.75, 3.05) is 13.7 Å². The lowest BCUT2D eigenvalue weighted by molar-refractivity contribution is -0.134. The molecule has 0 fully saturated rings. The van der Waals surface area contributed by atoms with Gasteiger partial charge in [-0.05, 0) is 5.56 Å². The standard InChI is InChI=1S/C12H16N2O5/c1-18-14-11(16)10(7-15)13-12(17)19-8-9-5-3-2-4-6-9/h2-6,10,15H,7-8H2,1H3,(H,13,17)(H,14,16)/t10-/m0/s1. The van der Waals surface area contributed by atoms with Crippen LogP contribution in [0.15, 0.2) is 30.3 Å². The Hall–Kier alpha value is -2.12. The van der Waals surface area contributed by atoms with E-state index >= 15 is 0 Å². The van der Waals surface area contributed by atoms with Gasteiger partial charge in [0.25, 0.3) is 5.91 Å². The molecule has 1 atom stereocenters. The van der Waals surface area contributed by atoms with Crippen LogP contribution in [0.5, 0.6) is 0 Å². The molecule has 1 aromatic rings. The van der Waals surface area contributed by atoms with Gasteiger partial charge in [-0.1, -0.05) is 30.3 Å². The van der Waals surface area contributed by atoms with Crippen molar-refractivity contribution in [1.29, 1.82) is 0 Å². The largest absolute Gasteiger partial charge is 0.445 e. The van der Waals surface area contributed by atoms with E-state index in [-0.39, 0.29) is 6.61 Å². The number of carbonyl (C=O) groups is 2. The van der Waals surface area contributed by atoms with E-state index in [1.165, 1.54) is 7.11 Å². The Bertz CT molecular complexity index is 410. The number of nitrogens with one attached hydrogen (secondary N) is 2. The van der Waals surface area contributed by atoms with E-state index in [9.17, 15) is 9.59 Å². The first-order chi connectivity index (χ1) is 9.17. The molecule has 0 radical (unpaired) electrons. The predicted molar refractivity (Wildman–Crippen MR) is 65.8 cm³/mol. The van der Waals surface area contributed by atoms with Gasteiger partial charge in [0.15, 0.2) is 0 Å². The average molecular weight is 268 g/mol. The van der Waals surface area contributed by atoms with E-state index in [2.05, 4.69) is 10.2 Å². The summed E-state index contributed by atoms with van der Waals surface area (Å²) < 4.78 is 4.91. The maximum atomic E-state index is 11.4. The molecule has 0 aromatic heterocycles. The highest BCUT2D eigenvalue weighted by molar-refractivity contribution is 5.84. The number of alkyl carbamates (subject to hydrolysis) is 1. The number of ether oxygens (including phenoxy) is 1. The molecular weight excluding hydrogens is 252 g/mol. The van der Waals surface area contributed by atoms with Gasteiger partial charge in [-0.15, -0.1) is 0 Å². The number of hydrogen-bond donors (Lipinski definition) is 3. The van der Waals surface area contributed by atoms with Crippen molar-refractivity contribution in [3.05, 3.63) is 35.9 Å². The van der Waals surface area contributed by atoms with Crippen LogP contribution >= 0.6 is 0 Å². The lowest BCUT2D eigenvalue weighted by Gasteiger charge is -2.15. The van der Waals surface area contributed by atoms with Crippen LogP contribution in [0.1, 0.15) is 5.56 Å². The Morgan fingerprint density at radius 3 is 2.58 bits per heavy atom. The minimum Gasteiger partial charge on any atom is -0.445 e. The lowest BCUT2D eigenvalue weighted by atomic mass is 10.2. The van der Waals surface area contributed by atoms with Crippen LogP contribution < -0.4 is 10.8 Å². The van der Waals surface area contributed by atoms with E-state index in [4.69, 9.17) is 9.84 Å². The molecule has 19 heavy (non-hydrogen) atoms. The van der Waals surface area contributed by atoms with Crippen LogP contribution in [0.2, 0.25) is 0 Å². The van der Waals surface area contributed by atoms with Crippen molar-refractivity contribution in [3.8, 4) is 0 Å². The average Bonchev–Trinajstić information content (AvgIpc) is 2.44. The number of amides is 2. The third kappa shape index (κ3) is 5.36. The van der Waals surface area contributed by atoms with E-state index in [1.54, 1.807) is 12.1 Å². The summed E-state index contributed by atoms with van der Waals surface area (Å²) in [6, 6.07) is 7.96. The third-order valence-electron chi connectivity index (χ3n) is 2.21. The molecule has 0 saturated carbocycles. The van der Waals surface area contributed by atoms with Gasteiger partial charge in [-0.25, -0.2) is 10.3 Å². The molecule has 0 unspecified atom stereocenters. The van der Waals surface area contributed by atoms with Gasteiger partial charge in [0.2, 0.25) is 0 Å². The zero-order valence-corrected chi connectivity index (χ0v) is 10.5. The summed E-state index contributed by atoms with van der Waals surface area (Å²) in [5, 5.41) is 11.2. The molecule has 0 spiro atoms. The normalized spacial score (nSPS) is 11.5. The lowest BCUT2D eigenvalue weighted by Crippen LogP contribution is -2.48. The Morgan fingerprint density at radius 1 is 1.32 bits per heavy atom. The summed E-state index contributed by atoms with van der Waals surface area (Å²) in [5.74, 6) is -0.665. The number of benzene rings is 1. The van der Waals surface area contributed by atoms with Gasteiger partial charge in [0.1, 0.15) is 12.6 Å². The fourth-order valence-corrected chi connectivity index (χ4v) is 1.27. The highest BCUT2D eigenvalue weighted by Crippen LogP contribution is 2.00. The molecule has 3 N–H and O–H groups in total. The first-order valence-corrected chi connectivity index (χ1v) is 5.58. The van der Waals surface area contributed by atoms with Crippen LogP contribution in [0.25, 0.3) is 0 Å². The number of aliphatic hydroxyl groups is 1. The molecule has 0 aliphatic rings. The van der Waals surface area contributed by atoms with E-state index in [0.717, 1.165) is 5.56 Å². The first-order valence-electron chi connectivity index (χ1n) is 5.58. The number of rotatable bonds is 6. The predicted octanol–water partition coefficient (Wildman–Crippen LogP) is -0.0487. The van der Waals surface area contributed by atoms with E-state index < -0.39 is 24.6 Å². The molecular formula is C12H16N2O5. The van der Waals surface area contributed by atoms with Gasteiger partial charge >= 0.3 is 6.09 Å². The Morgan fingerprint density at radius 2 is 2.00 bits per heavy atom. The minimum atomic E-state index is -1.12. The molecule has 0 aliphatic heterocycles. The van der Waals surface area contributed by atoms with Gasteiger partial charge in [-0.3, -0.25) is 9.63 Å². The SMILES string of the molecule is CONC(=O)[C@H](CO)NC(=O)OCc1ccccc1. The van der Waals surface area contributed by atoms with Gasteiger partial charge in [-0.2, -0.15) is 0 Å². The highest BCUT2D eigenvalue weighted by atomic mass is 16.6. The summed E-state index contributed by atoms with van der Waals surface area (Å²) in [5.41, 5.74) is 2.83. The summed E-state index contributed by atoms with van der Waals surface area (Å²) in [7, 11) is 1.25. The van der Waals surface area contributed by atoms with Crippen molar-refractivity contribution >= 4 is 12.0 Å². The molecule has 0 saturated heterocycles. The van der Waals surface area contributed by atoms with Crippen LogP contribution in [-0.4, -0.2) is 36.9 Å². The topological polar surface area (TPSA) is 96.9 Å². The zero-order chi connectivity index (χ0) is 14.1. The quantitative estimate of drug-likeness (QED) is 0.629. The zero-order valence-electron chi connectivity index (χ0n) is 10.5. The highest BCUT2D eigenvalue weighted by Gasteiger charge is 2.20. The second-order valence-electron chi connectivity index (χ2n) is 3.61. The number of carbonyl (C=O) groups excluding carboxylic acids is 2. The fourth-order valence-electron chi connectivity index (χ4n) is 1.27. The molecule has 0 aliphatic carbocycles. The number of aliphatic hydroxyl groups excluding tert-OH is 1. The maximum Gasteiger partial charge on any atom is 0.408 e. The third-order valence-corrected chi connectivity index (χ3v) is 2.21. The molecule has 1 rings (SSSR count). The Kier molecular flexibility index (Phi) is 6.34. The first kappa shape index (κ1) is 14.9. The summed E-state index contributed by atoms with van der Waals surface area (Å²) in [6.07, 6.45) is -0.797. The molecule has 0 heterocycles. The van der Waals surface area contributed by atoms with E-state index in [0.29, 0.717) is 0 Å². The van der Waals surface area contributed by atoms with Gasteiger partial charge in [0, 0.05) is 0 Å². The molecule has 7 nitrogen and oxygen atoms in total. The second-order valence-corrected chi connectivity index (χ2v) is 3.61. The number of hydroxylamine groups is 1. The summed E-state index contributed by atoms with van der Waals surface area (Å²) >= 11 is 0. The second kappa shape index (κ2) is 8.06. The molecule has 2 amide bonds.